The van der Waals surface area contributed by atoms with Crippen molar-refractivity contribution in [2.45, 2.75) is 59.3 Å². The molecule has 0 unspecified atom stereocenters. The van der Waals surface area contributed by atoms with E-state index >= 15 is 0 Å². The van der Waals surface area contributed by atoms with Crippen LogP contribution < -0.4 is 0 Å². The zero-order chi connectivity index (χ0) is 12.7. The average molecular weight is 222 g/mol. The SMILES string of the molecule is Cc1cc(C(C)(C)C)c(F)cc1C(C)(C)C. The maximum absolute atomic E-state index is 14.1. The first-order valence-electron chi connectivity index (χ1n) is 5.84. The van der Waals surface area contributed by atoms with E-state index in [9.17, 15) is 4.39 Å². The quantitative estimate of drug-likeness (QED) is 0.595. The van der Waals surface area contributed by atoms with Gasteiger partial charge in [0.25, 0.3) is 0 Å². The molecular formula is C15H23F. The smallest absolute Gasteiger partial charge is 0.127 e. The molecule has 0 saturated carbocycles. The lowest BCUT2D eigenvalue weighted by Gasteiger charge is -2.26. The van der Waals surface area contributed by atoms with Gasteiger partial charge in [-0.15, -0.1) is 0 Å². The lowest BCUT2D eigenvalue weighted by Crippen LogP contribution is -2.18. The fourth-order valence-electron chi connectivity index (χ4n) is 2.06. The van der Waals surface area contributed by atoms with E-state index in [1.807, 2.05) is 26.8 Å². The Bertz CT molecular complexity index is 349. The predicted octanol–water partition coefficient (Wildman–Crippen LogP) is 4.73. The Morgan fingerprint density at radius 3 is 1.62 bits per heavy atom. The van der Waals surface area contributed by atoms with Crippen molar-refractivity contribution in [1.29, 1.82) is 0 Å². The number of hydrogen-bond acceptors (Lipinski definition) is 0. The van der Waals surface area contributed by atoms with Gasteiger partial charge in [-0.3, -0.25) is 0 Å². The first-order valence-corrected chi connectivity index (χ1v) is 5.84. The molecule has 0 heterocycles. The van der Waals surface area contributed by atoms with Gasteiger partial charge in [-0.2, -0.15) is 0 Å². The summed E-state index contributed by atoms with van der Waals surface area (Å²) in [4.78, 5) is 0. The highest BCUT2D eigenvalue weighted by Gasteiger charge is 2.23. The summed E-state index contributed by atoms with van der Waals surface area (Å²) in [5, 5.41) is 0. The van der Waals surface area contributed by atoms with E-state index in [1.165, 1.54) is 5.56 Å². The van der Waals surface area contributed by atoms with Gasteiger partial charge in [0, 0.05) is 0 Å². The fraction of sp³-hybridized carbons (Fsp3) is 0.600. The molecule has 0 N–H and O–H groups in total. The molecule has 0 amide bonds. The highest BCUT2D eigenvalue weighted by Crippen LogP contribution is 2.32. The Hall–Kier alpha value is -0.850. The van der Waals surface area contributed by atoms with E-state index < -0.39 is 0 Å². The van der Waals surface area contributed by atoms with Crippen molar-refractivity contribution in [1.82, 2.24) is 0 Å². The molecule has 0 fully saturated rings. The zero-order valence-electron chi connectivity index (χ0n) is 11.5. The van der Waals surface area contributed by atoms with E-state index in [2.05, 4.69) is 27.7 Å². The second-order valence-electron chi connectivity index (χ2n) is 6.65. The van der Waals surface area contributed by atoms with Crippen molar-refractivity contribution in [3.05, 3.63) is 34.6 Å². The van der Waals surface area contributed by atoms with Gasteiger partial charge < -0.3 is 0 Å². The van der Waals surface area contributed by atoms with Gasteiger partial charge in [-0.05, 0) is 40.5 Å². The van der Waals surface area contributed by atoms with E-state index in [0.717, 1.165) is 11.1 Å². The number of halogens is 1. The summed E-state index contributed by atoms with van der Waals surface area (Å²) >= 11 is 0. The van der Waals surface area contributed by atoms with Crippen LogP contribution in [0.25, 0.3) is 0 Å². The van der Waals surface area contributed by atoms with Crippen LogP contribution in [0.5, 0.6) is 0 Å². The summed E-state index contributed by atoms with van der Waals surface area (Å²) in [6.07, 6.45) is 0. The number of aryl methyl sites for hydroxylation is 1. The molecule has 0 spiro atoms. The van der Waals surface area contributed by atoms with E-state index in [-0.39, 0.29) is 16.6 Å². The van der Waals surface area contributed by atoms with Crippen molar-refractivity contribution in [3.8, 4) is 0 Å². The van der Waals surface area contributed by atoms with Crippen molar-refractivity contribution in [2.24, 2.45) is 0 Å². The van der Waals surface area contributed by atoms with E-state index in [1.54, 1.807) is 6.07 Å². The minimum atomic E-state index is -0.134. The molecule has 0 aromatic heterocycles. The minimum absolute atomic E-state index is 0.00133. The molecule has 16 heavy (non-hydrogen) atoms. The Labute approximate surface area is 98.9 Å². The van der Waals surface area contributed by atoms with Crippen molar-refractivity contribution in [2.75, 3.05) is 0 Å². The van der Waals surface area contributed by atoms with Crippen LogP contribution in [0.3, 0.4) is 0 Å². The summed E-state index contributed by atoms with van der Waals surface area (Å²) in [6.45, 7) is 14.5. The number of rotatable bonds is 0. The molecule has 1 rings (SSSR count). The second kappa shape index (κ2) is 3.87. The Kier molecular flexibility index (Phi) is 3.20. The molecule has 0 atom stereocenters. The van der Waals surface area contributed by atoms with Crippen molar-refractivity contribution in [3.63, 3.8) is 0 Å². The molecule has 1 heteroatoms. The van der Waals surface area contributed by atoms with Crippen LogP contribution in [0.2, 0.25) is 0 Å². The summed E-state index contributed by atoms with van der Waals surface area (Å²) < 4.78 is 14.1. The molecule has 0 bridgehead atoms. The van der Waals surface area contributed by atoms with Crippen LogP contribution >= 0.6 is 0 Å². The van der Waals surface area contributed by atoms with Crippen molar-refractivity contribution < 1.29 is 4.39 Å². The summed E-state index contributed by atoms with van der Waals surface area (Å²) in [5.41, 5.74) is 2.95. The Balaban J connectivity index is 3.40. The maximum Gasteiger partial charge on any atom is 0.127 e. The molecule has 0 saturated heterocycles. The normalized spacial score (nSPS) is 13.0. The standard InChI is InChI=1S/C15H23F/c1-10-8-12(15(5,6)7)13(16)9-11(10)14(2,3)4/h8-9H,1-7H3. The molecular weight excluding hydrogens is 199 g/mol. The van der Waals surface area contributed by atoms with Gasteiger partial charge in [-0.1, -0.05) is 47.6 Å². The zero-order valence-corrected chi connectivity index (χ0v) is 11.5. The molecule has 1 aromatic carbocycles. The van der Waals surface area contributed by atoms with Gasteiger partial charge in [0.1, 0.15) is 5.82 Å². The molecule has 90 valence electrons. The first kappa shape index (κ1) is 13.2. The van der Waals surface area contributed by atoms with Gasteiger partial charge in [0.2, 0.25) is 0 Å². The monoisotopic (exact) mass is 222 g/mol. The number of benzene rings is 1. The van der Waals surface area contributed by atoms with Gasteiger partial charge >= 0.3 is 0 Å². The minimum Gasteiger partial charge on any atom is -0.207 e. The molecule has 0 aliphatic rings. The summed E-state index contributed by atoms with van der Waals surface area (Å²) in [7, 11) is 0. The molecule has 0 nitrogen and oxygen atoms in total. The lowest BCUT2D eigenvalue weighted by atomic mass is 9.79. The molecule has 0 aliphatic carbocycles. The van der Waals surface area contributed by atoms with Gasteiger partial charge in [-0.25, -0.2) is 4.39 Å². The fourth-order valence-corrected chi connectivity index (χ4v) is 2.06. The van der Waals surface area contributed by atoms with Crippen LogP contribution in [0, 0.1) is 12.7 Å². The highest BCUT2D eigenvalue weighted by atomic mass is 19.1. The predicted molar refractivity (Wildman–Crippen MR) is 68.5 cm³/mol. The van der Waals surface area contributed by atoms with E-state index in [0.29, 0.717) is 0 Å². The highest BCUT2D eigenvalue weighted by molar-refractivity contribution is 5.39. The van der Waals surface area contributed by atoms with Crippen LogP contribution in [-0.4, -0.2) is 0 Å². The molecule has 0 radical (unpaired) electrons. The second-order valence-corrected chi connectivity index (χ2v) is 6.65. The lowest BCUT2D eigenvalue weighted by molar-refractivity contribution is 0.512. The van der Waals surface area contributed by atoms with Crippen LogP contribution in [0.4, 0.5) is 4.39 Å². The van der Waals surface area contributed by atoms with Crippen LogP contribution in [0.1, 0.15) is 58.2 Å². The van der Waals surface area contributed by atoms with Gasteiger partial charge in [0.05, 0.1) is 0 Å². The maximum atomic E-state index is 14.1. The number of hydrogen-bond donors (Lipinski definition) is 0. The largest absolute Gasteiger partial charge is 0.207 e. The Morgan fingerprint density at radius 2 is 1.25 bits per heavy atom. The summed E-state index contributed by atoms with van der Waals surface area (Å²) in [5.74, 6) is -0.0805. The average Bonchev–Trinajstić information content (AvgIpc) is 2.04. The third-order valence-corrected chi connectivity index (χ3v) is 2.93. The molecule has 0 aliphatic heterocycles. The van der Waals surface area contributed by atoms with Gasteiger partial charge in [0.15, 0.2) is 0 Å². The third-order valence-electron chi connectivity index (χ3n) is 2.93. The van der Waals surface area contributed by atoms with Crippen LogP contribution in [0.15, 0.2) is 12.1 Å². The van der Waals surface area contributed by atoms with Crippen molar-refractivity contribution >= 4 is 0 Å². The third kappa shape index (κ3) is 2.63. The Morgan fingerprint density at radius 1 is 0.812 bits per heavy atom. The molecule has 1 aromatic rings. The first-order chi connectivity index (χ1) is 7.03. The van der Waals surface area contributed by atoms with E-state index in [4.69, 9.17) is 0 Å². The van der Waals surface area contributed by atoms with Crippen LogP contribution in [-0.2, 0) is 10.8 Å². The topological polar surface area (TPSA) is 0 Å². The summed E-state index contributed by atoms with van der Waals surface area (Å²) in [6, 6.07) is 3.70.